The third kappa shape index (κ3) is 2.32. The molecular weight excluding hydrogens is 234 g/mol. The molecule has 1 aromatic rings. The Balaban J connectivity index is 2.25. The van der Waals surface area contributed by atoms with Gasteiger partial charge in [-0.15, -0.1) is 0 Å². The standard InChI is InChI=1S/C12H15N3O3/c1-8-3-2-6-15(10(8)12(17)18)11(16)9-7-13-4-5-14-9/h4-5,7-8,10H,2-3,6H2,1H3,(H,17,18). The number of carboxylic acid groups (broad SMARTS) is 1. The van der Waals surface area contributed by atoms with Crippen LogP contribution in [0, 0.1) is 5.92 Å². The van der Waals surface area contributed by atoms with Crippen LogP contribution >= 0.6 is 0 Å². The smallest absolute Gasteiger partial charge is 0.326 e. The van der Waals surface area contributed by atoms with Crippen LogP contribution in [0.1, 0.15) is 30.3 Å². The molecule has 1 saturated heterocycles. The molecule has 1 N–H and O–H groups in total. The summed E-state index contributed by atoms with van der Waals surface area (Å²) in [4.78, 5) is 32.6. The van der Waals surface area contributed by atoms with Crippen LogP contribution in [0.3, 0.4) is 0 Å². The Labute approximate surface area is 105 Å². The lowest BCUT2D eigenvalue weighted by molar-refractivity contribution is -0.145. The number of hydrogen-bond acceptors (Lipinski definition) is 4. The Morgan fingerprint density at radius 2 is 2.22 bits per heavy atom. The maximum Gasteiger partial charge on any atom is 0.326 e. The van der Waals surface area contributed by atoms with Crippen molar-refractivity contribution in [3.63, 3.8) is 0 Å². The number of carboxylic acids is 1. The van der Waals surface area contributed by atoms with Crippen LogP contribution in [0.2, 0.25) is 0 Å². The molecule has 6 nitrogen and oxygen atoms in total. The summed E-state index contributed by atoms with van der Waals surface area (Å²) >= 11 is 0. The highest BCUT2D eigenvalue weighted by molar-refractivity contribution is 5.94. The summed E-state index contributed by atoms with van der Waals surface area (Å²) in [5.74, 6) is -1.36. The maximum atomic E-state index is 12.2. The monoisotopic (exact) mass is 249 g/mol. The largest absolute Gasteiger partial charge is 0.480 e. The molecule has 2 heterocycles. The lowest BCUT2D eigenvalue weighted by Gasteiger charge is -2.36. The molecule has 0 aromatic carbocycles. The van der Waals surface area contributed by atoms with Crippen molar-refractivity contribution in [1.29, 1.82) is 0 Å². The van der Waals surface area contributed by atoms with Gasteiger partial charge in [0, 0.05) is 18.9 Å². The molecule has 1 aliphatic heterocycles. The van der Waals surface area contributed by atoms with Gasteiger partial charge in [0.2, 0.25) is 0 Å². The summed E-state index contributed by atoms with van der Waals surface area (Å²) in [5.41, 5.74) is 0.192. The third-order valence-electron chi connectivity index (χ3n) is 3.23. The lowest BCUT2D eigenvalue weighted by atomic mass is 9.90. The van der Waals surface area contributed by atoms with Crippen LogP contribution in [0.4, 0.5) is 0 Å². The fourth-order valence-corrected chi connectivity index (χ4v) is 2.35. The molecule has 1 aliphatic rings. The first kappa shape index (κ1) is 12.5. The van der Waals surface area contributed by atoms with E-state index < -0.39 is 12.0 Å². The fraction of sp³-hybridized carbons (Fsp3) is 0.500. The highest BCUT2D eigenvalue weighted by atomic mass is 16.4. The molecule has 96 valence electrons. The van der Waals surface area contributed by atoms with Gasteiger partial charge in [0.15, 0.2) is 0 Å². The molecular formula is C12H15N3O3. The number of carbonyl (C=O) groups excluding carboxylic acids is 1. The summed E-state index contributed by atoms with van der Waals surface area (Å²) in [5, 5.41) is 9.24. The number of carbonyl (C=O) groups is 2. The molecule has 0 spiro atoms. The van der Waals surface area contributed by atoms with Gasteiger partial charge in [0.25, 0.3) is 5.91 Å². The van der Waals surface area contributed by atoms with Crippen LogP contribution in [0.25, 0.3) is 0 Å². The number of rotatable bonds is 2. The Bertz CT molecular complexity index is 449. The van der Waals surface area contributed by atoms with Crippen LogP contribution < -0.4 is 0 Å². The third-order valence-corrected chi connectivity index (χ3v) is 3.23. The second-order valence-corrected chi connectivity index (χ2v) is 4.49. The minimum atomic E-state index is -0.959. The molecule has 0 bridgehead atoms. The second-order valence-electron chi connectivity index (χ2n) is 4.49. The van der Waals surface area contributed by atoms with Crippen molar-refractivity contribution in [2.24, 2.45) is 5.92 Å². The molecule has 0 radical (unpaired) electrons. The highest BCUT2D eigenvalue weighted by Gasteiger charge is 2.37. The fourth-order valence-electron chi connectivity index (χ4n) is 2.35. The zero-order chi connectivity index (χ0) is 13.1. The van der Waals surface area contributed by atoms with E-state index >= 15 is 0 Å². The average molecular weight is 249 g/mol. The molecule has 2 unspecified atom stereocenters. The first-order valence-corrected chi connectivity index (χ1v) is 5.91. The Kier molecular flexibility index (Phi) is 3.55. The Morgan fingerprint density at radius 1 is 1.44 bits per heavy atom. The first-order valence-electron chi connectivity index (χ1n) is 5.91. The van der Waals surface area contributed by atoms with Crippen LogP contribution in [0.15, 0.2) is 18.6 Å². The predicted octanol–water partition coefficient (Wildman–Crippen LogP) is 0.802. The topological polar surface area (TPSA) is 83.4 Å². The quantitative estimate of drug-likeness (QED) is 0.838. The van der Waals surface area contributed by atoms with Gasteiger partial charge in [0.05, 0.1) is 6.20 Å². The number of hydrogen-bond donors (Lipinski definition) is 1. The predicted molar refractivity (Wildman–Crippen MR) is 62.9 cm³/mol. The van der Waals surface area contributed by atoms with E-state index in [1.807, 2.05) is 6.92 Å². The van der Waals surface area contributed by atoms with Gasteiger partial charge in [-0.3, -0.25) is 9.78 Å². The molecule has 0 aliphatic carbocycles. The molecule has 1 amide bonds. The number of nitrogens with zero attached hydrogens (tertiary/aromatic N) is 3. The summed E-state index contributed by atoms with van der Waals surface area (Å²) < 4.78 is 0. The van der Waals surface area contributed by atoms with Crippen LogP contribution in [0.5, 0.6) is 0 Å². The summed E-state index contributed by atoms with van der Waals surface area (Å²) in [6, 6.07) is -0.770. The molecule has 1 aromatic heterocycles. The first-order chi connectivity index (χ1) is 8.61. The summed E-state index contributed by atoms with van der Waals surface area (Å²) in [6.07, 6.45) is 5.90. The van der Waals surface area contributed by atoms with Crippen molar-refractivity contribution in [2.45, 2.75) is 25.8 Å². The van der Waals surface area contributed by atoms with Crippen LogP contribution in [-0.2, 0) is 4.79 Å². The van der Waals surface area contributed by atoms with E-state index in [0.717, 1.165) is 12.8 Å². The van der Waals surface area contributed by atoms with Crippen molar-refractivity contribution in [3.8, 4) is 0 Å². The van der Waals surface area contributed by atoms with E-state index in [9.17, 15) is 14.7 Å². The van der Waals surface area contributed by atoms with Gasteiger partial charge >= 0.3 is 5.97 Å². The van der Waals surface area contributed by atoms with E-state index in [1.54, 1.807) is 0 Å². The van der Waals surface area contributed by atoms with E-state index in [2.05, 4.69) is 9.97 Å². The number of likely N-dealkylation sites (tertiary alicyclic amines) is 1. The van der Waals surface area contributed by atoms with Crippen molar-refractivity contribution < 1.29 is 14.7 Å². The highest BCUT2D eigenvalue weighted by Crippen LogP contribution is 2.24. The maximum absolute atomic E-state index is 12.2. The van der Waals surface area contributed by atoms with Gasteiger partial charge in [-0.25, -0.2) is 9.78 Å². The minimum Gasteiger partial charge on any atom is -0.480 e. The second kappa shape index (κ2) is 5.12. The number of aliphatic carboxylic acids is 1. The molecule has 0 saturated carbocycles. The summed E-state index contributed by atoms with van der Waals surface area (Å²) in [7, 11) is 0. The number of aromatic nitrogens is 2. The van der Waals surface area contributed by atoms with E-state index in [4.69, 9.17) is 0 Å². The van der Waals surface area contributed by atoms with Crippen molar-refractivity contribution >= 4 is 11.9 Å². The number of piperidine rings is 1. The Morgan fingerprint density at radius 3 is 2.83 bits per heavy atom. The molecule has 2 atom stereocenters. The van der Waals surface area contributed by atoms with Crippen molar-refractivity contribution in [3.05, 3.63) is 24.3 Å². The van der Waals surface area contributed by atoms with Gasteiger partial charge in [-0.05, 0) is 18.8 Å². The molecule has 18 heavy (non-hydrogen) atoms. The normalized spacial score (nSPS) is 23.7. The van der Waals surface area contributed by atoms with Crippen LogP contribution in [-0.4, -0.2) is 44.4 Å². The van der Waals surface area contributed by atoms with Gasteiger partial charge in [-0.1, -0.05) is 6.92 Å². The minimum absolute atomic E-state index is 0.0446. The van der Waals surface area contributed by atoms with Gasteiger partial charge in [-0.2, -0.15) is 0 Å². The zero-order valence-corrected chi connectivity index (χ0v) is 10.1. The molecule has 1 fully saturated rings. The average Bonchev–Trinajstić information content (AvgIpc) is 2.38. The molecule has 2 rings (SSSR count). The number of amides is 1. The SMILES string of the molecule is CC1CCCN(C(=O)c2cnccn2)C1C(=O)O. The Hall–Kier alpha value is -1.98. The summed E-state index contributed by atoms with van der Waals surface area (Å²) in [6.45, 7) is 2.31. The zero-order valence-electron chi connectivity index (χ0n) is 10.1. The van der Waals surface area contributed by atoms with Gasteiger partial charge in [0.1, 0.15) is 11.7 Å². The van der Waals surface area contributed by atoms with Crippen molar-refractivity contribution in [2.75, 3.05) is 6.54 Å². The van der Waals surface area contributed by atoms with E-state index in [0.29, 0.717) is 6.54 Å². The van der Waals surface area contributed by atoms with E-state index in [-0.39, 0.29) is 17.5 Å². The lowest BCUT2D eigenvalue weighted by Crippen LogP contribution is -2.52. The van der Waals surface area contributed by atoms with E-state index in [1.165, 1.54) is 23.5 Å². The molecule has 6 heteroatoms. The van der Waals surface area contributed by atoms with Crippen molar-refractivity contribution in [1.82, 2.24) is 14.9 Å². The van der Waals surface area contributed by atoms with Gasteiger partial charge < -0.3 is 10.0 Å².